The number of nitrogens with one attached hydrogen (secondary N) is 1. The molecule has 174 valence electrons. The number of likely N-dealkylation sites (tertiary alicyclic amines) is 1. The van der Waals surface area contributed by atoms with Crippen LogP contribution in [0.15, 0.2) is 30.3 Å². The standard InChI is InChI=1S/C22H25N5O5S/c23-22(30)24-15-9-10-25(13-15)21(29)19-7-6-17(33-19)2-1-3-20(28)26-11-8-14-4-5-16(27(31)32)12-18(14)26/h4-7,12,15H,1-3,8-11,13H2,(H3,23,24,30). The van der Waals surface area contributed by atoms with Crippen LogP contribution in [0.2, 0.25) is 0 Å². The highest BCUT2D eigenvalue weighted by atomic mass is 32.1. The third-order valence-corrected chi connectivity index (χ3v) is 7.12. The number of nitrogens with two attached hydrogens (primary N) is 1. The van der Waals surface area contributed by atoms with Crippen molar-refractivity contribution < 1.29 is 19.3 Å². The van der Waals surface area contributed by atoms with E-state index in [9.17, 15) is 24.5 Å². The second-order valence-corrected chi connectivity index (χ2v) is 9.40. The maximum atomic E-state index is 12.7. The number of hydrogen-bond acceptors (Lipinski definition) is 6. The molecule has 2 aliphatic heterocycles. The van der Waals surface area contributed by atoms with E-state index in [2.05, 4.69) is 5.32 Å². The highest BCUT2D eigenvalue weighted by Gasteiger charge is 2.29. The molecule has 0 aliphatic carbocycles. The van der Waals surface area contributed by atoms with Crippen molar-refractivity contribution in [1.29, 1.82) is 0 Å². The molecule has 1 saturated heterocycles. The molecular formula is C22H25N5O5S. The van der Waals surface area contributed by atoms with Gasteiger partial charge in [-0.15, -0.1) is 11.3 Å². The van der Waals surface area contributed by atoms with Gasteiger partial charge in [0.15, 0.2) is 0 Å². The lowest BCUT2D eigenvalue weighted by atomic mass is 10.1. The van der Waals surface area contributed by atoms with Crippen LogP contribution < -0.4 is 16.0 Å². The Morgan fingerprint density at radius 1 is 1.21 bits per heavy atom. The summed E-state index contributed by atoms with van der Waals surface area (Å²) < 4.78 is 0. The zero-order valence-electron chi connectivity index (χ0n) is 18.0. The van der Waals surface area contributed by atoms with Crippen molar-refractivity contribution in [3.8, 4) is 0 Å². The summed E-state index contributed by atoms with van der Waals surface area (Å²) >= 11 is 1.42. The molecular weight excluding hydrogens is 446 g/mol. The minimum Gasteiger partial charge on any atom is -0.352 e. The van der Waals surface area contributed by atoms with E-state index in [4.69, 9.17) is 5.73 Å². The first-order chi connectivity index (χ1) is 15.8. The van der Waals surface area contributed by atoms with Crippen molar-refractivity contribution in [2.75, 3.05) is 24.5 Å². The summed E-state index contributed by atoms with van der Waals surface area (Å²) in [6.07, 6.45) is 3.00. The van der Waals surface area contributed by atoms with E-state index in [0.717, 1.165) is 10.4 Å². The van der Waals surface area contributed by atoms with Crippen molar-refractivity contribution in [3.05, 3.63) is 55.8 Å². The fraction of sp³-hybridized carbons (Fsp3) is 0.409. The topological polar surface area (TPSA) is 139 Å². The lowest BCUT2D eigenvalue weighted by Crippen LogP contribution is -2.41. The van der Waals surface area contributed by atoms with Gasteiger partial charge in [0.2, 0.25) is 5.91 Å². The smallest absolute Gasteiger partial charge is 0.312 e. The summed E-state index contributed by atoms with van der Waals surface area (Å²) in [5, 5.41) is 13.7. The van der Waals surface area contributed by atoms with Crippen LogP contribution in [0.4, 0.5) is 16.2 Å². The molecule has 11 heteroatoms. The number of aryl methyl sites for hydroxylation is 1. The van der Waals surface area contributed by atoms with Gasteiger partial charge in [0.25, 0.3) is 11.6 Å². The minimum atomic E-state index is -0.585. The van der Waals surface area contributed by atoms with E-state index < -0.39 is 11.0 Å². The van der Waals surface area contributed by atoms with Crippen LogP contribution in [0.3, 0.4) is 0 Å². The summed E-state index contributed by atoms with van der Waals surface area (Å²) in [5.74, 6) is -0.112. The fourth-order valence-electron chi connectivity index (χ4n) is 4.34. The fourth-order valence-corrected chi connectivity index (χ4v) is 5.35. The van der Waals surface area contributed by atoms with Crippen molar-refractivity contribution in [1.82, 2.24) is 10.2 Å². The van der Waals surface area contributed by atoms with Gasteiger partial charge in [-0.3, -0.25) is 19.7 Å². The quantitative estimate of drug-likeness (QED) is 0.472. The third-order valence-electron chi connectivity index (χ3n) is 5.98. The first-order valence-electron chi connectivity index (χ1n) is 10.8. The van der Waals surface area contributed by atoms with Gasteiger partial charge < -0.3 is 20.9 Å². The number of urea groups is 1. The number of anilines is 1. The predicted octanol–water partition coefficient (Wildman–Crippen LogP) is 2.45. The molecule has 1 unspecified atom stereocenters. The van der Waals surface area contributed by atoms with Gasteiger partial charge in [0.1, 0.15) is 0 Å². The number of non-ortho nitro benzene ring substituents is 1. The Bertz CT molecular complexity index is 1100. The summed E-state index contributed by atoms with van der Waals surface area (Å²) in [6, 6.07) is 7.67. The lowest BCUT2D eigenvalue weighted by Gasteiger charge is -2.17. The SMILES string of the molecule is NC(=O)NC1CCN(C(=O)c2ccc(CCCC(=O)N3CCc4ccc([N+](=O)[O-])cc43)s2)C1. The zero-order chi connectivity index (χ0) is 23.5. The van der Waals surface area contributed by atoms with Crippen LogP contribution >= 0.6 is 11.3 Å². The number of carbonyl (C=O) groups excluding carboxylic acids is 3. The molecule has 2 aromatic rings. The normalized spacial score (nSPS) is 17.2. The van der Waals surface area contributed by atoms with E-state index in [1.54, 1.807) is 21.9 Å². The molecule has 0 saturated carbocycles. The Hall–Kier alpha value is -3.47. The number of thiophene rings is 1. The zero-order valence-corrected chi connectivity index (χ0v) is 18.8. The van der Waals surface area contributed by atoms with Crippen LogP contribution in [0, 0.1) is 10.1 Å². The summed E-state index contributed by atoms with van der Waals surface area (Å²) in [4.78, 5) is 52.1. The molecule has 0 radical (unpaired) electrons. The van der Waals surface area contributed by atoms with Gasteiger partial charge in [-0.05, 0) is 43.4 Å². The van der Waals surface area contributed by atoms with E-state index >= 15 is 0 Å². The second kappa shape index (κ2) is 9.57. The van der Waals surface area contributed by atoms with Crippen molar-refractivity contribution in [2.45, 2.75) is 38.1 Å². The van der Waals surface area contributed by atoms with Crippen LogP contribution in [0.1, 0.15) is 39.4 Å². The predicted molar refractivity (Wildman–Crippen MR) is 123 cm³/mol. The molecule has 0 spiro atoms. The van der Waals surface area contributed by atoms with E-state index in [-0.39, 0.29) is 23.5 Å². The number of fused-ring (bicyclic) bond motifs is 1. The number of benzene rings is 1. The largest absolute Gasteiger partial charge is 0.352 e. The lowest BCUT2D eigenvalue weighted by molar-refractivity contribution is -0.384. The highest BCUT2D eigenvalue weighted by Crippen LogP contribution is 2.32. The van der Waals surface area contributed by atoms with E-state index in [1.165, 1.54) is 23.5 Å². The Morgan fingerprint density at radius 3 is 2.79 bits per heavy atom. The summed E-state index contributed by atoms with van der Waals surface area (Å²) in [6.45, 7) is 1.55. The Kier molecular flexibility index (Phi) is 6.59. The molecule has 3 N–H and O–H groups in total. The molecule has 0 bridgehead atoms. The van der Waals surface area contributed by atoms with Crippen LogP contribution in [0.5, 0.6) is 0 Å². The van der Waals surface area contributed by atoms with Gasteiger partial charge >= 0.3 is 6.03 Å². The van der Waals surface area contributed by atoms with Crippen LogP contribution in [-0.4, -0.2) is 53.3 Å². The number of hydrogen-bond donors (Lipinski definition) is 2. The van der Waals surface area contributed by atoms with Gasteiger partial charge in [-0.25, -0.2) is 4.79 Å². The number of amides is 4. The number of nitro groups is 1. The van der Waals surface area contributed by atoms with Crippen molar-refractivity contribution >= 4 is 40.6 Å². The Labute approximate surface area is 194 Å². The average molecular weight is 472 g/mol. The Morgan fingerprint density at radius 2 is 2.03 bits per heavy atom. The molecule has 3 heterocycles. The molecule has 1 aromatic heterocycles. The molecule has 1 aromatic carbocycles. The first kappa shape index (κ1) is 22.7. The maximum Gasteiger partial charge on any atom is 0.312 e. The molecule has 1 atom stereocenters. The number of nitro benzene ring substituents is 1. The van der Waals surface area contributed by atoms with Crippen LogP contribution in [0.25, 0.3) is 0 Å². The minimum absolute atomic E-state index is 0.0148. The van der Waals surface area contributed by atoms with Gasteiger partial charge in [-0.1, -0.05) is 6.07 Å². The summed E-state index contributed by atoms with van der Waals surface area (Å²) in [7, 11) is 0. The van der Waals surface area contributed by atoms with Gasteiger partial charge in [0, 0.05) is 49.1 Å². The van der Waals surface area contributed by atoms with Crippen LogP contribution in [-0.2, 0) is 17.6 Å². The van der Waals surface area contributed by atoms with E-state index in [1.807, 2.05) is 6.07 Å². The molecule has 4 amide bonds. The Balaban J connectivity index is 1.28. The monoisotopic (exact) mass is 471 g/mol. The molecule has 4 rings (SSSR count). The summed E-state index contributed by atoms with van der Waals surface area (Å²) in [5.41, 5.74) is 6.72. The maximum absolute atomic E-state index is 12.7. The molecule has 1 fully saturated rings. The first-order valence-corrected chi connectivity index (χ1v) is 11.6. The van der Waals surface area contributed by atoms with Gasteiger partial charge in [-0.2, -0.15) is 0 Å². The van der Waals surface area contributed by atoms with Crippen molar-refractivity contribution in [3.63, 3.8) is 0 Å². The number of carbonyl (C=O) groups is 3. The average Bonchev–Trinajstić information content (AvgIpc) is 3.52. The second-order valence-electron chi connectivity index (χ2n) is 8.23. The highest BCUT2D eigenvalue weighted by molar-refractivity contribution is 7.14. The number of rotatable bonds is 7. The third kappa shape index (κ3) is 5.14. The van der Waals surface area contributed by atoms with E-state index in [0.29, 0.717) is 62.3 Å². The number of primary amides is 1. The van der Waals surface area contributed by atoms with Crippen molar-refractivity contribution in [2.24, 2.45) is 5.73 Å². The number of nitrogens with zero attached hydrogens (tertiary/aromatic N) is 3. The molecule has 33 heavy (non-hydrogen) atoms. The molecule has 10 nitrogen and oxygen atoms in total. The molecule has 2 aliphatic rings. The van der Waals surface area contributed by atoms with Gasteiger partial charge in [0.05, 0.1) is 15.5 Å².